The molecule has 2 rings (SSSR count). The van der Waals surface area contributed by atoms with Crippen molar-refractivity contribution in [3.8, 4) is 11.5 Å². The number of nitrogens with two attached hydrogens (primary N) is 1. The van der Waals surface area contributed by atoms with Gasteiger partial charge in [-0.25, -0.2) is 0 Å². The largest absolute Gasteiger partial charge is 0.496 e. The molecule has 4 nitrogen and oxygen atoms in total. The number of methoxy groups -OCH3 is 1. The van der Waals surface area contributed by atoms with Crippen LogP contribution in [-0.4, -0.2) is 12.9 Å². The fourth-order valence-corrected chi connectivity index (χ4v) is 2.31. The summed E-state index contributed by atoms with van der Waals surface area (Å²) in [6.45, 7) is 0.338. The Hall–Kier alpha value is -1.72. The Morgan fingerprint density at radius 2 is 2.00 bits per heavy atom. The first-order valence-electron chi connectivity index (χ1n) is 6.10. The molecule has 0 unspecified atom stereocenters. The molecule has 0 spiro atoms. The van der Waals surface area contributed by atoms with Crippen molar-refractivity contribution in [2.75, 3.05) is 7.11 Å². The molecule has 0 aliphatic heterocycles. The lowest BCUT2D eigenvalue weighted by Crippen LogP contribution is -2.12. The molecule has 0 radical (unpaired) electrons. The van der Waals surface area contributed by atoms with Crippen molar-refractivity contribution in [2.24, 2.45) is 5.73 Å². The fraction of sp³-hybridized carbons (Fsp3) is 0.133. The number of nitrogens with one attached hydrogen (secondary N) is 1. The zero-order valence-electron chi connectivity index (χ0n) is 11.3. The van der Waals surface area contributed by atoms with Gasteiger partial charge in [-0.3, -0.25) is 5.41 Å². The van der Waals surface area contributed by atoms with Gasteiger partial charge in [-0.05, 0) is 35.9 Å². The van der Waals surface area contributed by atoms with Gasteiger partial charge in [0.1, 0.15) is 23.9 Å². The molecule has 0 bridgehead atoms. The third kappa shape index (κ3) is 3.89. The van der Waals surface area contributed by atoms with Gasteiger partial charge in [-0.2, -0.15) is 0 Å². The van der Waals surface area contributed by atoms with Crippen LogP contribution in [0.5, 0.6) is 11.5 Å². The smallest absolute Gasteiger partial charge is 0.139 e. The van der Waals surface area contributed by atoms with E-state index < -0.39 is 0 Å². The van der Waals surface area contributed by atoms with Gasteiger partial charge in [0, 0.05) is 4.47 Å². The molecule has 21 heavy (non-hydrogen) atoms. The molecular weight excluding hydrogens is 356 g/mol. The predicted octanol–water partition coefficient (Wildman–Crippen LogP) is 3.97. The second-order valence-corrected chi connectivity index (χ2v) is 5.63. The maximum absolute atomic E-state index is 7.48. The highest BCUT2D eigenvalue weighted by molar-refractivity contribution is 9.10. The molecule has 6 heteroatoms. The quantitative estimate of drug-likeness (QED) is 0.619. The van der Waals surface area contributed by atoms with Gasteiger partial charge in [0.05, 0.1) is 17.7 Å². The van der Waals surface area contributed by atoms with Crippen LogP contribution in [0.4, 0.5) is 0 Å². The first-order valence-corrected chi connectivity index (χ1v) is 7.27. The number of hydrogen-bond acceptors (Lipinski definition) is 3. The highest BCUT2D eigenvalue weighted by Crippen LogP contribution is 2.29. The van der Waals surface area contributed by atoms with Crippen LogP contribution in [0.3, 0.4) is 0 Å². The van der Waals surface area contributed by atoms with Gasteiger partial charge in [0.2, 0.25) is 0 Å². The number of amidine groups is 1. The Morgan fingerprint density at radius 1 is 1.24 bits per heavy atom. The lowest BCUT2D eigenvalue weighted by Gasteiger charge is -2.11. The molecule has 0 heterocycles. The van der Waals surface area contributed by atoms with E-state index in [-0.39, 0.29) is 5.84 Å². The molecule has 0 fully saturated rings. The molecule has 0 aliphatic carbocycles. The summed E-state index contributed by atoms with van der Waals surface area (Å²) in [5, 5.41) is 8.03. The van der Waals surface area contributed by atoms with Gasteiger partial charge < -0.3 is 15.2 Å². The van der Waals surface area contributed by atoms with E-state index in [4.69, 9.17) is 32.2 Å². The second kappa shape index (κ2) is 6.83. The molecule has 0 aromatic heterocycles. The summed E-state index contributed by atoms with van der Waals surface area (Å²) in [6, 6.07) is 10.8. The third-order valence-corrected chi connectivity index (χ3v) is 3.65. The SMILES string of the molecule is COc1cc(COc2cc(Br)ccc2Cl)ccc1C(=N)N. The minimum absolute atomic E-state index is 0.0330. The van der Waals surface area contributed by atoms with E-state index >= 15 is 0 Å². The minimum atomic E-state index is -0.0330. The lowest BCUT2D eigenvalue weighted by molar-refractivity contribution is 0.305. The molecule has 110 valence electrons. The van der Waals surface area contributed by atoms with Crippen molar-refractivity contribution in [2.45, 2.75) is 6.61 Å². The van der Waals surface area contributed by atoms with Gasteiger partial charge >= 0.3 is 0 Å². The number of nitrogen functional groups attached to an aromatic ring is 1. The summed E-state index contributed by atoms with van der Waals surface area (Å²) in [4.78, 5) is 0. The average molecular weight is 370 g/mol. The summed E-state index contributed by atoms with van der Waals surface area (Å²) in [7, 11) is 1.54. The molecule has 0 aliphatic rings. The highest BCUT2D eigenvalue weighted by atomic mass is 79.9. The summed E-state index contributed by atoms with van der Waals surface area (Å²) in [5.41, 5.74) is 6.94. The first kappa shape index (κ1) is 15.7. The van der Waals surface area contributed by atoms with E-state index in [1.807, 2.05) is 18.2 Å². The molecule has 0 saturated heterocycles. The molecule has 0 atom stereocenters. The zero-order chi connectivity index (χ0) is 15.4. The summed E-state index contributed by atoms with van der Waals surface area (Å²) < 4.78 is 11.8. The molecule has 0 saturated carbocycles. The van der Waals surface area contributed by atoms with Crippen molar-refractivity contribution in [1.82, 2.24) is 0 Å². The molecule has 2 aromatic carbocycles. The maximum atomic E-state index is 7.48. The van der Waals surface area contributed by atoms with E-state index in [1.54, 1.807) is 18.2 Å². The van der Waals surface area contributed by atoms with E-state index in [0.717, 1.165) is 10.0 Å². The number of rotatable bonds is 5. The maximum Gasteiger partial charge on any atom is 0.139 e. The van der Waals surface area contributed by atoms with Crippen molar-refractivity contribution >= 4 is 33.4 Å². The van der Waals surface area contributed by atoms with Crippen molar-refractivity contribution in [3.63, 3.8) is 0 Å². The zero-order valence-corrected chi connectivity index (χ0v) is 13.7. The van der Waals surface area contributed by atoms with Crippen LogP contribution in [0.15, 0.2) is 40.9 Å². The van der Waals surface area contributed by atoms with Gasteiger partial charge in [0.25, 0.3) is 0 Å². The summed E-state index contributed by atoms with van der Waals surface area (Å²) >= 11 is 9.45. The van der Waals surface area contributed by atoms with Crippen molar-refractivity contribution in [3.05, 3.63) is 57.0 Å². The molecule has 2 aromatic rings. The van der Waals surface area contributed by atoms with Crippen LogP contribution < -0.4 is 15.2 Å². The number of halogens is 2. The van der Waals surface area contributed by atoms with Crippen LogP contribution in [0.25, 0.3) is 0 Å². The highest BCUT2D eigenvalue weighted by Gasteiger charge is 2.08. The van der Waals surface area contributed by atoms with Gasteiger partial charge in [-0.1, -0.05) is 33.6 Å². The first-order chi connectivity index (χ1) is 10.0. The Labute approximate surface area is 136 Å². The van der Waals surface area contributed by atoms with Crippen LogP contribution >= 0.6 is 27.5 Å². The average Bonchev–Trinajstić information content (AvgIpc) is 2.47. The number of benzene rings is 2. The Kier molecular flexibility index (Phi) is 5.09. The van der Waals surface area contributed by atoms with Gasteiger partial charge in [0.15, 0.2) is 0 Å². The van der Waals surface area contributed by atoms with Crippen molar-refractivity contribution < 1.29 is 9.47 Å². The topological polar surface area (TPSA) is 68.3 Å². The molecule has 0 amide bonds. The van der Waals surface area contributed by atoms with Crippen LogP contribution in [0.2, 0.25) is 5.02 Å². The number of ether oxygens (including phenoxy) is 2. The van der Waals surface area contributed by atoms with Crippen molar-refractivity contribution in [1.29, 1.82) is 5.41 Å². The van der Waals surface area contributed by atoms with E-state index in [0.29, 0.717) is 28.7 Å². The Bertz CT molecular complexity index is 677. The lowest BCUT2D eigenvalue weighted by atomic mass is 10.1. The fourth-order valence-electron chi connectivity index (χ4n) is 1.80. The second-order valence-electron chi connectivity index (χ2n) is 4.31. The summed E-state index contributed by atoms with van der Waals surface area (Å²) in [5.74, 6) is 1.11. The van der Waals surface area contributed by atoms with E-state index in [2.05, 4.69) is 15.9 Å². The Balaban J connectivity index is 2.17. The van der Waals surface area contributed by atoms with Crippen LogP contribution in [0, 0.1) is 5.41 Å². The van der Waals surface area contributed by atoms with Crippen LogP contribution in [0.1, 0.15) is 11.1 Å². The standard InChI is InChI=1S/C15H14BrClN2O2/c1-20-13-6-9(2-4-11(13)15(18)19)8-21-14-7-10(16)3-5-12(14)17/h2-7H,8H2,1H3,(H3,18,19). The number of hydrogen-bond donors (Lipinski definition) is 2. The van der Waals surface area contributed by atoms with E-state index in [1.165, 1.54) is 7.11 Å². The monoisotopic (exact) mass is 368 g/mol. The summed E-state index contributed by atoms with van der Waals surface area (Å²) in [6.07, 6.45) is 0. The van der Waals surface area contributed by atoms with E-state index in [9.17, 15) is 0 Å². The van der Waals surface area contributed by atoms with Crippen LogP contribution in [-0.2, 0) is 6.61 Å². The Morgan fingerprint density at radius 3 is 2.67 bits per heavy atom. The third-order valence-electron chi connectivity index (χ3n) is 2.84. The van der Waals surface area contributed by atoms with Gasteiger partial charge in [-0.15, -0.1) is 0 Å². The normalized spacial score (nSPS) is 10.2. The molecule has 3 N–H and O–H groups in total. The minimum Gasteiger partial charge on any atom is -0.496 e. The predicted molar refractivity (Wildman–Crippen MR) is 87.5 cm³/mol. The molecular formula is C15H14BrClN2O2.